The van der Waals surface area contributed by atoms with Crippen LogP contribution in [0.2, 0.25) is 0 Å². The molecule has 2 aromatic rings. The van der Waals surface area contributed by atoms with Crippen molar-refractivity contribution in [3.63, 3.8) is 0 Å². The highest BCUT2D eigenvalue weighted by Gasteiger charge is 2.28. The molecule has 0 nitrogen and oxygen atoms in total. The number of allylic oxidation sites excluding steroid dienone is 4. The molecule has 0 bridgehead atoms. The summed E-state index contributed by atoms with van der Waals surface area (Å²) >= 11 is 0. The van der Waals surface area contributed by atoms with Gasteiger partial charge in [0.05, 0.1) is 0 Å². The highest BCUT2D eigenvalue weighted by Crippen LogP contribution is 2.41. The molecule has 2 heteroatoms. The van der Waals surface area contributed by atoms with E-state index in [1.807, 2.05) is 6.08 Å². The van der Waals surface area contributed by atoms with Gasteiger partial charge in [-0.15, -0.1) is 0 Å². The molecule has 0 saturated carbocycles. The highest BCUT2D eigenvalue weighted by atomic mass is 19.2. The smallest absolute Gasteiger partial charge is 0.166 e. The van der Waals surface area contributed by atoms with Gasteiger partial charge >= 0.3 is 0 Å². The summed E-state index contributed by atoms with van der Waals surface area (Å²) in [6, 6.07) is 13.6. The van der Waals surface area contributed by atoms with Crippen LogP contribution >= 0.6 is 0 Å². The van der Waals surface area contributed by atoms with E-state index in [2.05, 4.69) is 50.3 Å². The Labute approximate surface area is 199 Å². The van der Waals surface area contributed by atoms with E-state index in [-0.39, 0.29) is 5.41 Å². The lowest BCUT2D eigenvalue weighted by Crippen LogP contribution is -2.20. The summed E-state index contributed by atoms with van der Waals surface area (Å²) in [4.78, 5) is 0. The van der Waals surface area contributed by atoms with Crippen LogP contribution in [0.4, 0.5) is 8.78 Å². The van der Waals surface area contributed by atoms with Crippen molar-refractivity contribution in [2.45, 2.75) is 90.9 Å². The maximum atomic E-state index is 14.2. The van der Waals surface area contributed by atoms with Gasteiger partial charge in [0.1, 0.15) is 0 Å². The molecule has 1 atom stereocenters. The van der Waals surface area contributed by atoms with Crippen LogP contribution in [-0.2, 0) is 12.8 Å². The molecule has 0 saturated heterocycles. The Balaban J connectivity index is 1.54. The molecule has 3 rings (SSSR count). The Morgan fingerprint density at radius 3 is 2.12 bits per heavy atom. The van der Waals surface area contributed by atoms with Gasteiger partial charge in [-0.1, -0.05) is 107 Å². The lowest BCUT2D eigenvalue weighted by molar-refractivity contribution is 0.321. The molecule has 178 valence electrons. The van der Waals surface area contributed by atoms with E-state index < -0.39 is 11.6 Å². The molecular formula is C31H40F2. The van der Waals surface area contributed by atoms with Crippen molar-refractivity contribution >= 4 is 5.57 Å². The fourth-order valence-corrected chi connectivity index (χ4v) is 5.01. The van der Waals surface area contributed by atoms with Crippen LogP contribution in [-0.4, -0.2) is 0 Å². The van der Waals surface area contributed by atoms with Gasteiger partial charge in [-0.2, -0.15) is 0 Å². The first-order valence-corrected chi connectivity index (χ1v) is 13.0. The predicted octanol–water partition coefficient (Wildman–Crippen LogP) is 9.63. The van der Waals surface area contributed by atoms with Gasteiger partial charge in [-0.05, 0) is 66.7 Å². The molecule has 1 aliphatic rings. The summed E-state index contributed by atoms with van der Waals surface area (Å²) in [6.07, 6.45) is 20.8. The summed E-state index contributed by atoms with van der Waals surface area (Å²) in [5, 5.41) is 0. The van der Waals surface area contributed by atoms with Gasteiger partial charge < -0.3 is 0 Å². The van der Waals surface area contributed by atoms with Gasteiger partial charge in [0.25, 0.3) is 0 Å². The van der Waals surface area contributed by atoms with E-state index in [4.69, 9.17) is 0 Å². The second-order valence-corrected chi connectivity index (χ2v) is 9.74. The second kappa shape index (κ2) is 12.9. The Hall–Kier alpha value is -2.22. The van der Waals surface area contributed by atoms with Gasteiger partial charge in [-0.25, -0.2) is 8.78 Å². The van der Waals surface area contributed by atoms with Crippen molar-refractivity contribution in [3.8, 4) is 0 Å². The van der Waals surface area contributed by atoms with Crippen molar-refractivity contribution in [1.29, 1.82) is 0 Å². The third-order valence-corrected chi connectivity index (χ3v) is 7.11. The summed E-state index contributed by atoms with van der Waals surface area (Å²) in [6.45, 7) is 4.48. The molecule has 0 radical (unpaired) electrons. The predicted molar refractivity (Wildman–Crippen MR) is 137 cm³/mol. The SMILES string of the molecule is CCCCCCCCc1ccc(CCC2(CCC)C=CC(c3cccc(F)c3F)=CC2)cc1. The van der Waals surface area contributed by atoms with Crippen LogP contribution in [0, 0.1) is 17.0 Å². The molecule has 33 heavy (non-hydrogen) atoms. The molecule has 0 aromatic heterocycles. The summed E-state index contributed by atoms with van der Waals surface area (Å²) in [5.74, 6) is -1.54. The van der Waals surface area contributed by atoms with Gasteiger partial charge in [0.15, 0.2) is 11.6 Å². The Bertz CT molecular complexity index is 922. The third kappa shape index (κ3) is 7.39. The zero-order valence-corrected chi connectivity index (χ0v) is 20.5. The second-order valence-electron chi connectivity index (χ2n) is 9.74. The molecule has 2 aromatic carbocycles. The number of halogens is 2. The maximum Gasteiger partial charge on any atom is 0.166 e. The van der Waals surface area contributed by atoms with E-state index in [0.717, 1.165) is 37.7 Å². The molecule has 1 aliphatic carbocycles. The van der Waals surface area contributed by atoms with E-state index in [9.17, 15) is 8.78 Å². The van der Waals surface area contributed by atoms with Crippen LogP contribution in [0.5, 0.6) is 0 Å². The molecule has 0 N–H and O–H groups in total. The fourth-order valence-electron chi connectivity index (χ4n) is 5.01. The molecule has 0 aliphatic heterocycles. The highest BCUT2D eigenvalue weighted by molar-refractivity contribution is 5.75. The average molecular weight is 451 g/mol. The molecular weight excluding hydrogens is 410 g/mol. The zero-order chi connectivity index (χ0) is 23.5. The topological polar surface area (TPSA) is 0 Å². The summed E-state index contributed by atoms with van der Waals surface area (Å²) in [7, 11) is 0. The number of unbranched alkanes of at least 4 members (excludes halogenated alkanes) is 5. The largest absolute Gasteiger partial charge is 0.204 e. The minimum Gasteiger partial charge on any atom is -0.204 e. The van der Waals surface area contributed by atoms with Gasteiger partial charge in [-0.3, -0.25) is 0 Å². The Morgan fingerprint density at radius 2 is 1.45 bits per heavy atom. The number of hydrogen-bond acceptors (Lipinski definition) is 0. The summed E-state index contributed by atoms with van der Waals surface area (Å²) < 4.78 is 27.9. The van der Waals surface area contributed by atoms with Crippen LogP contribution in [0.25, 0.3) is 5.57 Å². The number of benzene rings is 2. The van der Waals surface area contributed by atoms with Crippen molar-refractivity contribution in [2.75, 3.05) is 0 Å². The Kier molecular flexibility index (Phi) is 9.91. The number of rotatable bonds is 13. The minimum absolute atomic E-state index is 0.0964. The maximum absolute atomic E-state index is 14.2. The van der Waals surface area contributed by atoms with Crippen molar-refractivity contribution < 1.29 is 8.78 Å². The lowest BCUT2D eigenvalue weighted by atomic mass is 9.72. The van der Waals surface area contributed by atoms with E-state index in [0.29, 0.717) is 5.56 Å². The van der Waals surface area contributed by atoms with Crippen molar-refractivity contribution in [3.05, 3.63) is 89.0 Å². The van der Waals surface area contributed by atoms with E-state index in [1.54, 1.807) is 12.1 Å². The van der Waals surface area contributed by atoms with E-state index >= 15 is 0 Å². The standard InChI is InChI=1S/C31H40F2/c1-3-5-6-7-8-9-11-25-14-16-26(17-15-25)18-22-31(21-4-2)23-19-27(20-24-31)28-12-10-13-29(32)30(28)33/h10,12-17,19-20,23H,3-9,11,18,21-22,24H2,1-2H3. The molecule has 1 unspecified atom stereocenters. The molecule has 0 heterocycles. The monoisotopic (exact) mass is 450 g/mol. The summed E-state index contributed by atoms with van der Waals surface area (Å²) in [5.41, 5.74) is 4.07. The minimum atomic E-state index is -0.785. The number of aryl methyl sites for hydroxylation is 2. The first-order chi connectivity index (χ1) is 16.1. The van der Waals surface area contributed by atoms with Crippen LogP contribution in [0.15, 0.2) is 60.7 Å². The van der Waals surface area contributed by atoms with Crippen LogP contribution in [0.3, 0.4) is 0 Å². The molecule has 0 spiro atoms. The fraction of sp³-hybridized carbons (Fsp3) is 0.484. The van der Waals surface area contributed by atoms with Crippen LogP contribution in [0.1, 0.15) is 94.7 Å². The van der Waals surface area contributed by atoms with Crippen molar-refractivity contribution in [1.82, 2.24) is 0 Å². The van der Waals surface area contributed by atoms with Crippen molar-refractivity contribution in [2.24, 2.45) is 5.41 Å². The Morgan fingerprint density at radius 1 is 0.758 bits per heavy atom. The average Bonchev–Trinajstić information content (AvgIpc) is 2.83. The van der Waals surface area contributed by atoms with Crippen LogP contribution < -0.4 is 0 Å². The lowest BCUT2D eigenvalue weighted by Gasteiger charge is -2.32. The van der Waals surface area contributed by atoms with Gasteiger partial charge in [0.2, 0.25) is 0 Å². The normalized spacial score (nSPS) is 17.9. The van der Waals surface area contributed by atoms with E-state index in [1.165, 1.54) is 62.1 Å². The third-order valence-electron chi connectivity index (χ3n) is 7.11. The first kappa shape index (κ1) is 25.4. The number of hydrogen-bond donors (Lipinski definition) is 0. The van der Waals surface area contributed by atoms with Gasteiger partial charge in [0, 0.05) is 5.56 Å². The first-order valence-electron chi connectivity index (χ1n) is 13.0. The zero-order valence-electron chi connectivity index (χ0n) is 20.5. The molecule has 0 amide bonds. The molecule has 0 fully saturated rings. The quantitative estimate of drug-likeness (QED) is 0.266.